The van der Waals surface area contributed by atoms with Crippen LogP contribution in [-0.4, -0.2) is 56.0 Å². The molecule has 26 heavy (non-hydrogen) atoms. The first-order chi connectivity index (χ1) is 12.3. The summed E-state index contributed by atoms with van der Waals surface area (Å²) < 4.78 is 29.3. The molecule has 0 aromatic rings. The van der Waals surface area contributed by atoms with Crippen molar-refractivity contribution in [1.82, 2.24) is 10.2 Å². The molecule has 1 aliphatic heterocycles. The van der Waals surface area contributed by atoms with Gasteiger partial charge < -0.3 is 18.7 Å². The van der Waals surface area contributed by atoms with Gasteiger partial charge in [-0.05, 0) is 39.0 Å². The van der Waals surface area contributed by atoms with E-state index in [9.17, 15) is 14.2 Å². The molecule has 3 atom stereocenters. The highest BCUT2D eigenvalue weighted by Crippen LogP contribution is 2.49. The molecule has 0 spiro atoms. The lowest BCUT2D eigenvalue weighted by Gasteiger charge is -2.26. The fourth-order valence-corrected chi connectivity index (χ4v) is 4.70. The molecule has 8 nitrogen and oxygen atoms in total. The minimum atomic E-state index is -3.03. The fourth-order valence-electron chi connectivity index (χ4n) is 2.86. The van der Waals surface area contributed by atoms with Gasteiger partial charge in [0.1, 0.15) is 6.23 Å². The predicted molar refractivity (Wildman–Crippen MR) is 98.5 cm³/mol. The number of imide groups is 1. The predicted octanol–water partition coefficient (Wildman–Crippen LogP) is 2.50. The van der Waals surface area contributed by atoms with Crippen molar-refractivity contribution in [3.05, 3.63) is 12.3 Å². The van der Waals surface area contributed by atoms with Crippen molar-refractivity contribution in [1.29, 1.82) is 0 Å². The van der Waals surface area contributed by atoms with Crippen LogP contribution in [0.1, 0.15) is 40.0 Å². The van der Waals surface area contributed by atoms with Crippen LogP contribution in [0.4, 0.5) is 0 Å². The van der Waals surface area contributed by atoms with Gasteiger partial charge in [-0.15, -0.1) is 0 Å². The summed E-state index contributed by atoms with van der Waals surface area (Å²) in [5.74, 6) is -0.262. The van der Waals surface area contributed by atoms with Gasteiger partial charge >= 0.3 is 7.60 Å². The van der Waals surface area contributed by atoms with E-state index in [4.69, 9.17) is 13.8 Å². The Balaban J connectivity index is 2.48. The average Bonchev–Trinajstić information content (AvgIpc) is 3.08. The van der Waals surface area contributed by atoms with Crippen LogP contribution in [0.5, 0.6) is 0 Å². The standard InChI is InChI=1S/C17H31N2O6P/c1-5-23-26(22,24-6-2)12-10-14(3)15-7-8-17(25-15)19(4)11-9-16(21)18-13-20/h9,11,13-15,17H,5-8,10,12H2,1-4H3,(H,18,20,21)/b11-9-. The molecule has 150 valence electrons. The van der Waals surface area contributed by atoms with Gasteiger partial charge in [0.05, 0.1) is 25.5 Å². The maximum atomic E-state index is 12.5. The number of ether oxygens (including phenoxy) is 1. The summed E-state index contributed by atoms with van der Waals surface area (Å²) in [6.45, 7) is 6.41. The zero-order chi connectivity index (χ0) is 19.6. The third-order valence-corrected chi connectivity index (χ3v) is 6.40. The molecule has 1 heterocycles. The average molecular weight is 390 g/mol. The van der Waals surface area contributed by atoms with Crippen molar-refractivity contribution in [2.45, 2.75) is 52.4 Å². The molecule has 0 aromatic carbocycles. The normalized spacial score (nSPS) is 21.7. The highest BCUT2D eigenvalue weighted by atomic mass is 31.2. The smallest absolute Gasteiger partial charge is 0.330 e. The Bertz CT molecular complexity index is 517. The molecule has 0 radical (unpaired) electrons. The van der Waals surface area contributed by atoms with E-state index in [1.54, 1.807) is 20.0 Å². The number of nitrogens with zero attached hydrogens (tertiary/aromatic N) is 1. The molecular formula is C17H31N2O6P. The third-order valence-electron chi connectivity index (χ3n) is 4.29. The number of carbonyl (C=O) groups is 2. The van der Waals surface area contributed by atoms with Gasteiger partial charge in [-0.3, -0.25) is 19.5 Å². The number of hydrogen-bond donors (Lipinski definition) is 1. The summed E-state index contributed by atoms with van der Waals surface area (Å²) in [5.41, 5.74) is 0. The SMILES string of the molecule is CCOP(=O)(CCC(C)C1CCC(N(C)/C=C\C(=O)NC=O)O1)OCC. The first kappa shape index (κ1) is 22.8. The molecule has 0 saturated carbocycles. The van der Waals surface area contributed by atoms with E-state index in [0.717, 1.165) is 12.8 Å². The fraction of sp³-hybridized carbons (Fsp3) is 0.765. The first-order valence-electron chi connectivity index (χ1n) is 9.03. The largest absolute Gasteiger partial charge is 0.355 e. The van der Waals surface area contributed by atoms with E-state index < -0.39 is 13.5 Å². The van der Waals surface area contributed by atoms with Crippen LogP contribution in [0.15, 0.2) is 12.3 Å². The van der Waals surface area contributed by atoms with Crippen LogP contribution in [0, 0.1) is 5.92 Å². The van der Waals surface area contributed by atoms with Gasteiger partial charge in [0, 0.05) is 19.3 Å². The lowest BCUT2D eigenvalue weighted by atomic mass is 9.99. The Kier molecular flexibility index (Phi) is 10.1. The zero-order valence-electron chi connectivity index (χ0n) is 16.1. The summed E-state index contributed by atoms with van der Waals surface area (Å²) in [4.78, 5) is 23.3. The maximum absolute atomic E-state index is 12.5. The monoisotopic (exact) mass is 390 g/mol. The Hall–Kier alpha value is -1.21. The molecule has 0 aromatic heterocycles. The Morgan fingerprint density at radius 2 is 2.00 bits per heavy atom. The van der Waals surface area contributed by atoms with Crippen molar-refractivity contribution in [3.8, 4) is 0 Å². The number of nitrogens with one attached hydrogen (secondary N) is 1. The van der Waals surface area contributed by atoms with Gasteiger partial charge in [-0.2, -0.15) is 0 Å². The van der Waals surface area contributed by atoms with Crippen molar-refractivity contribution < 1.29 is 27.9 Å². The second-order valence-electron chi connectivity index (χ2n) is 6.25. The highest BCUT2D eigenvalue weighted by Gasteiger charge is 2.33. The molecule has 1 fully saturated rings. The minimum Gasteiger partial charge on any atom is -0.355 e. The van der Waals surface area contributed by atoms with E-state index >= 15 is 0 Å². The van der Waals surface area contributed by atoms with Crippen LogP contribution < -0.4 is 5.32 Å². The van der Waals surface area contributed by atoms with Crippen LogP contribution in [0.3, 0.4) is 0 Å². The van der Waals surface area contributed by atoms with E-state index in [2.05, 4.69) is 6.92 Å². The molecule has 9 heteroatoms. The van der Waals surface area contributed by atoms with Crippen molar-refractivity contribution in [3.63, 3.8) is 0 Å². The quantitative estimate of drug-likeness (QED) is 0.311. The molecule has 2 amide bonds. The maximum Gasteiger partial charge on any atom is 0.330 e. The topological polar surface area (TPSA) is 94.2 Å². The lowest BCUT2D eigenvalue weighted by molar-refractivity contribution is -0.121. The number of rotatable bonds is 12. The molecule has 1 saturated heterocycles. The highest BCUT2D eigenvalue weighted by molar-refractivity contribution is 7.53. The summed E-state index contributed by atoms with van der Waals surface area (Å²) in [7, 11) is -1.21. The van der Waals surface area contributed by atoms with E-state index in [1.807, 2.05) is 17.3 Å². The van der Waals surface area contributed by atoms with Gasteiger partial charge in [0.2, 0.25) is 6.41 Å². The van der Waals surface area contributed by atoms with E-state index in [1.165, 1.54) is 6.08 Å². The molecule has 3 unspecified atom stereocenters. The summed E-state index contributed by atoms with van der Waals surface area (Å²) in [6, 6.07) is 0. The molecular weight excluding hydrogens is 359 g/mol. The van der Waals surface area contributed by atoms with Gasteiger partial charge in [0.25, 0.3) is 5.91 Å². The van der Waals surface area contributed by atoms with Gasteiger partial charge in [0.15, 0.2) is 0 Å². The second-order valence-corrected chi connectivity index (χ2v) is 8.44. The van der Waals surface area contributed by atoms with Crippen molar-refractivity contribution in [2.75, 3.05) is 26.4 Å². The van der Waals surface area contributed by atoms with Crippen molar-refractivity contribution >= 4 is 19.9 Å². The first-order valence-corrected chi connectivity index (χ1v) is 10.8. The Labute approximate surface area is 155 Å². The van der Waals surface area contributed by atoms with Crippen LogP contribution in [0.2, 0.25) is 0 Å². The summed E-state index contributed by atoms with van der Waals surface area (Å²) >= 11 is 0. The number of carbonyl (C=O) groups excluding carboxylic acids is 2. The lowest BCUT2D eigenvalue weighted by Crippen LogP contribution is -2.29. The molecule has 1 N–H and O–H groups in total. The third kappa shape index (κ3) is 7.58. The molecule has 1 rings (SSSR count). The second kappa shape index (κ2) is 11.5. The Morgan fingerprint density at radius 1 is 1.35 bits per heavy atom. The minimum absolute atomic E-state index is 0.0522. The number of hydrogen-bond acceptors (Lipinski definition) is 7. The molecule has 0 bridgehead atoms. The van der Waals surface area contributed by atoms with Crippen LogP contribution in [-0.2, 0) is 27.9 Å². The Morgan fingerprint density at radius 3 is 2.58 bits per heavy atom. The van der Waals surface area contributed by atoms with E-state index in [0.29, 0.717) is 32.2 Å². The van der Waals surface area contributed by atoms with E-state index in [-0.39, 0.29) is 18.2 Å². The van der Waals surface area contributed by atoms with Crippen molar-refractivity contribution in [2.24, 2.45) is 5.92 Å². The molecule has 0 aliphatic carbocycles. The summed E-state index contributed by atoms with van der Waals surface area (Å²) in [5, 5.41) is 2.05. The zero-order valence-corrected chi connectivity index (χ0v) is 16.9. The van der Waals surface area contributed by atoms with Crippen LogP contribution >= 0.6 is 7.60 Å². The van der Waals surface area contributed by atoms with Gasteiger partial charge in [-0.1, -0.05) is 6.92 Å². The molecule has 1 aliphatic rings. The number of amides is 2. The summed E-state index contributed by atoms with van der Waals surface area (Å²) in [6.07, 6.45) is 5.93. The van der Waals surface area contributed by atoms with Gasteiger partial charge in [-0.25, -0.2) is 0 Å². The van der Waals surface area contributed by atoms with Crippen LogP contribution in [0.25, 0.3) is 0 Å².